The van der Waals surface area contributed by atoms with E-state index in [4.69, 9.17) is 0 Å². The minimum absolute atomic E-state index is 0.194. The number of nitrogens with zero attached hydrogens (tertiary/aromatic N) is 1. The van der Waals surface area contributed by atoms with Gasteiger partial charge in [-0.1, -0.05) is 12.8 Å². The van der Waals surface area contributed by atoms with Gasteiger partial charge in [-0.2, -0.15) is 0 Å². The summed E-state index contributed by atoms with van der Waals surface area (Å²) in [7, 11) is 0. The zero-order valence-electron chi connectivity index (χ0n) is 10.0. The highest BCUT2D eigenvalue weighted by atomic mass is 16.4. The molecule has 0 aromatic rings. The molecule has 1 heterocycles. The quantitative estimate of drug-likeness (QED) is 0.791. The number of carbonyl (C=O) groups is 2. The zero-order chi connectivity index (χ0) is 12.0. The topological polar surface area (TPSA) is 57.6 Å². The number of carboxylic acids is 1. The maximum Gasteiger partial charge on any atom is 0.311 e. The molecule has 1 amide bonds. The van der Waals surface area contributed by atoms with E-state index in [1.54, 1.807) is 0 Å². The minimum Gasteiger partial charge on any atom is -0.481 e. The van der Waals surface area contributed by atoms with Crippen LogP contribution < -0.4 is 0 Å². The lowest BCUT2D eigenvalue weighted by Crippen LogP contribution is -2.40. The van der Waals surface area contributed by atoms with Crippen LogP contribution in [0.2, 0.25) is 0 Å². The average molecular weight is 237 g/mol. The molecule has 0 radical (unpaired) electrons. The van der Waals surface area contributed by atoms with Crippen molar-refractivity contribution in [3.63, 3.8) is 0 Å². The first kappa shape index (κ1) is 11.1. The van der Waals surface area contributed by atoms with Gasteiger partial charge in [-0.3, -0.25) is 9.59 Å². The fourth-order valence-corrected chi connectivity index (χ4v) is 3.72. The molecule has 1 saturated heterocycles. The van der Waals surface area contributed by atoms with Gasteiger partial charge < -0.3 is 10.0 Å². The Labute approximate surface area is 101 Å². The van der Waals surface area contributed by atoms with Crippen LogP contribution in [0.3, 0.4) is 0 Å². The molecular weight excluding hydrogens is 218 g/mol. The van der Waals surface area contributed by atoms with E-state index < -0.39 is 11.4 Å². The summed E-state index contributed by atoms with van der Waals surface area (Å²) in [5, 5.41) is 9.45. The molecule has 4 heteroatoms. The van der Waals surface area contributed by atoms with E-state index in [1.165, 1.54) is 0 Å². The Morgan fingerprint density at radius 3 is 2.47 bits per heavy atom. The van der Waals surface area contributed by atoms with Crippen molar-refractivity contribution in [1.82, 2.24) is 4.90 Å². The molecule has 0 spiro atoms. The van der Waals surface area contributed by atoms with E-state index in [1.807, 2.05) is 4.90 Å². The molecule has 0 unspecified atom stereocenters. The molecular formula is C13H19NO3. The summed E-state index contributed by atoms with van der Waals surface area (Å²) in [5.74, 6) is -0.0844. The lowest BCUT2D eigenvalue weighted by atomic mass is 9.81. The molecule has 0 aromatic heterocycles. The summed E-state index contributed by atoms with van der Waals surface area (Å²) >= 11 is 0. The van der Waals surface area contributed by atoms with Crippen molar-refractivity contribution in [3.8, 4) is 0 Å². The van der Waals surface area contributed by atoms with Crippen molar-refractivity contribution in [2.75, 3.05) is 13.1 Å². The van der Waals surface area contributed by atoms with Crippen LogP contribution in [0.4, 0.5) is 0 Å². The van der Waals surface area contributed by atoms with Crippen LogP contribution in [0.25, 0.3) is 0 Å². The van der Waals surface area contributed by atoms with E-state index in [-0.39, 0.29) is 17.7 Å². The third kappa shape index (κ3) is 1.49. The van der Waals surface area contributed by atoms with Crippen LogP contribution in [0.5, 0.6) is 0 Å². The van der Waals surface area contributed by atoms with Crippen LogP contribution in [0.15, 0.2) is 0 Å². The largest absolute Gasteiger partial charge is 0.481 e. The lowest BCUT2D eigenvalue weighted by molar-refractivity contribution is -0.150. The monoisotopic (exact) mass is 237 g/mol. The third-order valence-corrected chi connectivity index (χ3v) is 5.06. The van der Waals surface area contributed by atoms with Crippen molar-refractivity contribution >= 4 is 11.9 Å². The van der Waals surface area contributed by atoms with Crippen molar-refractivity contribution < 1.29 is 14.7 Å². The van der Waals surface area contributed by atoms with E-state index in [2.05, 4.69) is 0 Å². The Kier molecular flexibility index (Phi) is 2.42. The van der Waals surface area contributed by atoms with Crippen molar-refractivity contribution in [3.05, 3.63) is 0 Å². The van der Waals surface area contributed by atoms with Crippen LogP contribution in [0.1, 0.15) is 38.5 Å². The molecule has 3 aliphatic rings. The van der Waals surface area contributed by atoms with E-state index in [0.717, 1.165) is 38.5 Å². The first-order valence-electron chi connectivity index (χ1n) is 6.66. The minimum atomic E-state index is -0.691. The van der Waals surface area contributed by atoms with Gasteiger partial charge in [-0.25, -0.2) is 0 Å². The standard InChI is InChI=1S/C13H19NO3/c15-11(9-3-1-4-9)14-7-10-5-2-6-13(10,8-14)12(16)17/h9-10H,1-8H2,(H,16,17)/t10-,13+/m0/s1. The summed E-state index contributed by atoms with van der Waals surface area (Å²) in [6.07, 6.45) is 5.88. The highest BCUT2D eigenvalue weighted by molar-refractivity contribution is 5.83. The van der Waals surface area contributed by atoms with Gasteiger partial charge in [0.05, 0.1) is 5.41 Å². The van der Waals surface area contributed by atoms with Crippen LogP contribution >= 0.6 is 0 Å². The van der Waals surface area contributed by atoms with Crippen LogP contribution in [0, 0.1) is 17.3 Å². The van der Waals surface area contributed by atoms with Crippen molar-refractivity contribution in [1.29, 1.82) is 0 Å². The average Bonchev–Trinajstić information content (AvgIpc) is 2.69. The van der Waals surface area contributed by atoms with Gasteiger partial charge in [0.1, 0.15) is 0 Å². The normalized spacial score (nSPS) is 36.7. The predicted molar refractivity (Wildman–Crippen MR) is 61.3 cm³/mol. The highest BCUT2D eigenvalue weighted by Crippen LogP contribution is 2.49. The van der Waals surface area contributed by atoms with Gasteiger partial charge in [0, 0.05) is 19.0 Å². The Balaban J connectivity index is 1.75. The number of likely N-dealkylation sites (tertiary alicyclic amines) is 1. The van der Waals surface area contributed by atoms with Gasteiger partial charge in [-0.05, 0) is 31.6 Å². The summed E-state index contributed by atoms with van der Waals surface area (Å²) in [6, 6.07) is 0. The summed E-state index contributed by atoms with van der Waals surface area (Å²) in [6.45, 7) is 1.14. The molecule has 2 saturated carbocycles. The second kappa shape index (κ2) is 3.72. The summed E-state index contributed by atoms with van der Waals surface area (Å²) in [4.78, 5) is 25.5. The fourth-order valence-electron chi connectivity index (χ4n) is 3.72. The second-order valence-electron chi connectivity index (χ2n) is 5.90. The number of carboxylic acid groups (broad SMARTS) is 1. The molecule has 1 N–H and O–H groups in total. The number of aliphatic carboxylic acids is 1. The third-order valence-electron chi connectivity index (χ3n) is 5.06. The van der Waals surface area contributed by atoms with Gasteiger partial charge in [0.15, 0.2) is 0 Å². The maximum atomic E-state index is 12.2. The molecule has 3 rings (SSSR count). The fraction of sp³-hybridized carbons (Fsp3) is 0.846. The molecule has 2 atom stereocenters. The Morgan fingerprint density at radius 2 is 1.94 bits per heavy atom. The van der Waals surface area contributed by atoms with Gasteiger partial charge in [0.25, 0.3) is 0 Å². The predicted octanol–water partition coefficient (Wildman–Crippen LogP) is 1.50. The van der Waals surface area contributed by atoms with Crippen LogP contribution in [-0.2, 0) is 9.59 Å². The Hall–Kier alpha value is -1.06. The smallest absolute Gasteiger partial charge is 0.311 e. The number of hydrogen-bond acceptors (Lipinski definition) is 2. The highest BCUT2D eigenvalue weighted by Gasteiger charge is 2.56. The first-order chi connectivity index (χ1) is 8.13. The number of rotatable bonds is 2. The summed E-state index contributed by atoms with van der Waals surface area (Å²) < 4.78 is 0. The zero-order valence-corrected chi connectivity index (χ0v) is 10.0. The van der Waals surface area contributed by atoms with Gasteiger partial charge >= 0.3 is 5.97 Å². The molecule has 2 aliphatic carbocycles. The number of hydrogen-bond donors (Lipinski definition) is 1. The van der Waals surface area contributed by atoms with E-state index in [9.17, 15) is 14.7 Å². The van der Waals surface area contributed by atoms with Gasteiger partial charge in [0.2, 0.25) is 5.91 Å². The van der Waals surface area contributed by atoms with E-state index >= 15 is 0 Å². The first-order valence-corrected chi connectivity index (χ1v) is 6.66. The van der Waals surface area contributed by atoms with E-state index in [0.29, 0.717) is 13.1 Å². The molecule has 0 bridgehead atoms. The van der Waals surface area contributed by atoms with Crippen molar-refractivity contribution in [2.24, 2.45) is 17.3 Å². The Morgan fingerprint density at radius 1 is 1.18 bits per heavy atom. The summed E-state index contributed by atoms with van der Waals surface area (Å²) in [5.41, 5.74) is -0.612. The SMILES string of the molecule is O=C(C1CCC1)N1C[C@@H]2CCC[C@@]2(C(=O)O)C1. The lowest BCUT2D eigenvalue weighted by Gasteiger charge is -2.30. The molecule has 1 aliphatic heterocycles. The second-order valence-corrected chi connectivity index (χ2v) is 5.90. The molecule has 3 fully saturated rings. The Bertz CT molecular complexity index is 364. The maximum absolute atomic E-state index is 12.2. The van der Waals surface area contributed by atoms with Crippen molar-refractivity contribution in [2.45, 2.75) is 38.5 Å². The number of carbonyl (C=O) groups excluding carboxylic acids is 1. The number of fused-ring (bicyclic) bond motifs is 1. The molecule has 0 aromatic carbocycles. The molecule has 94 valence electrons. The van der Waals surface area contributed by atoms with Crippen LogP contribution in [-0.4, -0.2) is 35.0 Å². The molecule has 17 heavy (non-hydrogen) atoms. The van der Waals surface area contributed by atoms with Gasteiger partial charge in [-0.15, -0.1) is 0 Å². The molecule has 4 nitrogen and oxygen atoms in total. The number of amides is 1.